The van der Waals surface area contributed by atoms with Crippen LogP contribution in [0.2, 0.25) is 0 Å². The molecule has 0 spiro atoms. The van der Waals surface area contributed by atoms with Gasteiger partial charge < -0.3 is 19.7 Å². The highest BCUT2D eigenvalue weighted by molar-refractivity contribution is 4.80. The molecule has 2 rings (SSSR count). The van der Waals surface area contributed by atoms with Crippen molar-refractivity contribution >= 4 is 0 Å². The quantitative estimate of drug-likeness (QED) is 0.775. The van der Waals surface area contributed by atoms with Crippen molar-refractivity contribution in [3.8, 4) is 0 Å². The van der Waals surface area contributed by atoms with E-state index in [-0.39, 0.29) is 0 Å². The second-order valence-corrected chi connectivity index (χ2v) is 5.47. The molecule has 2 heterocycles. The van der Waals surface area contributed by atoms with Crippen LogP contribution in [0.1, 0.15) is 32.6 Å². The molecule has 2 fully saturated rings. The number of hydrogen-bond acceptors (Lipinski definition) is 4. The summed E-state index contributed by atoms with van der Waals surface area (Å²) >= 11 is 0. The standard InChI is InChI=1S/C14H28N2O2/c1-3-17-12-6-8-16(9-7-12)11-14-5-4-13(18-14)10-15-2/h12-15H,3-11H2,1-2H3. The lowest BCUT2D eigenvalue weighted by molar-refractivity contribution is -0.0117. The van der Waals surface area contributed by atoms with Crippen LogP contribution < -0.4 is 5.32 Å². The molecule has 0 bridgehead atoms. The summed E-state index contributed by atoms with van der Waals surface area (Å²) in [4.78, 5) is 2.54. The Kier molecular flexibility index (Phi) is 5.89. The highest BCUT2D eigenvalue weighted by atomic mass is 16.5. The largest absolute Gasteiger partial charge is 0.378 e. The van der Waals surface area contributed by atoms with Gasteiger partial charge in [0.2, 0.25) is 0 Å². The predicted octanol–water partition coefficient (Wildman–Crippen LogP) is 1.25. The van der Waals surface area contributed by atoms with Gasteiger partial charge in [-0.1, -0.05) is 0 Å². The summed E-state index contributed by atoms with van der Waals surface area (Å²) in [7, 11) is 2.00. The first-order valence-electron chi connectivity index (χ1n) is 7.45. The molecule has 0 aromatic rings. The van der Waals surface area contributed by atoms with Crippen molar-refractivity contribution in [3.05, 3.63) is 0 Å². The molecule has 0 radical (unpaired) electrons. The van der Waals surface area contributed by atoms with E-state index in [0.717, 1.165) is 19.7 Å². The van der Waals surface area contributed by atoms with Crippen molar-refractivity contribution in [3.63, 3.8) is 0 Å². The first kappa shape index (κ1) is 14.3. The van der Waals surface area contributed by atoms with Crippen LogP contribution in [0.3, 0.4) is 0 Å². The van der Waals surface area contributed by atoms with Gasteiger partial charge in [0.15, 0.2) is 0 Å². The molecule has 0 amide bonds. The van der Waals surface area contributed by atoms with Gasteiger partial charge in [0, 0.05) is 32.8 Å². The molecule has 0 saturated carbocycles. The van der Waals surface area contributed by atoms with Gasteiger partial charge in [-0.05, 0) is 39.7 Å². The van der Waals surface area contributed by atoms with Gasteiger partial charge in [-0.25, -0.2) is 0 Å². The van der Waals surface area contributed by atoms with Crippen LogP contribution in [-0.4, -0.2) is 63.0 Å². The van der Waals surface area contributed by atoms with E-state index in [4.69, 9.17) is 9.47 Å². The monoisotopic (exact) mass is 256 g/mol. The van der Waals surface area contributed by atoms with E-state index in [0.29, 0.717) is 18.3 Å². The van der Waals surface area contributed by atoms with Crippen molar-refractivity contribution in [1.82, 2.24) is 10.2 Å². The van der Waals surface area contributed by atoms with Gasteiger partial charge in [0.25, 0.3) is 0 Å². The van der Waals surface area contributed by atoms with Crippen LogP contribution in [0.15, 0.2) is 0 Å². The Morgan fingerprint density at radius 3 is 2.56 bits per heavy atom. The van der Waals surface area contributed by atoms with Gasteiger partial charge in [0.05, 0.1) is 18.3 Å². The molecule has 0 aromatic carbocycles. The Bertz CT molecular complexity index is 230. The molecule has 0 aliphatic carbocycles. The zero-order chi connectivity index (χ0) is 12.8. The van der Waals surface area contributed by atoms with E-state index >= 15 is 0 Å². The summed E-state index contributed by atoms with van der Waals surface area (Å²) in [6.07, 6.45) is 6.17. The lowest BCUT2D eigenvalue weighted by Crippen LogP contribution is -2.41. The first-order valence-corrected chi connectivity index (χ1v) is 7.45. The zero-order valence-corrected chi connectivity index (χ0v) is 11.9. The maximum atomic E-state index is 6.04. The molecule has 2 saturated heterocycles. The van der Waals surface area contributed by atoms with Gasteiger partial charge in [-0.2, -0.15) is 0 Å². The normalized spacial score (nSPS) is 31.0. The van der Waals surface area contributed by atoms with E-state index in [1.807, 2.05) is 7.05 Å². The Hall–Kier alpha value is -0.160. The second kappa shape index (κ2) is 7.43. The SMILES string of the molecule is CCOC1CCN(CC2CCC(CNC)O2)CC1. The van der Waals surface area contributed by atoms with Crippen molar-refractivity contribution in [2.75, 3.05) is 39.8 Å². The predicted molar refractivity (Wildman–Crippen MR) is 72.9 cm³/mol. The zero-order valence-electron chi connectivity index (χ0n) is 11.9. The van der Waals surface area contributed by atoms with E-state index < -0.39 is 0 Å². The molecule has 2 unspecified atom stereocenters. The Balaban J connectivity index is 1.63. The third-order valence-electron chi connectivity index (χ3n) is 4.03. The number of rotatable bonds is 6. The van der Waals surface area contributed by atoms with Crippen LogP contribution in [0.25, 0.3) is 0 Å². The van der Waals surface area contributed by atoms with E-state index in [1.165, 1.54) is 38.8 Å². The van der Waals surface area contributed by atoms with Crippen LogP contribution in [0.5, 0.6) is 0 Å². The third kappa shape index (κ3) is 4.19. The number of nitrogens with one attached hydrogen (secondary N) is 1. The molecule has 0 aromatic heterocycles. The molecule has 1 N–H and O–H groups in total. The minimum Gasteiger partial charge on any atom is -0.378 e. The fourth-order valence-electron chi connectivity index (χ4n) is 3.07. The lowest BCUT2D eigenvalue weighted by Gasteiger charge is -2.33. The Morgan fingerprint density at radius 1 is 1.17 bits per heavy atom. The average molecular weight is 256 g/mol. The molecule has 18 heavy (non-hydrogen) atoms. The summed E-state index contributed by atoms with van der Waals surface area (Å²) in [6.45, 7) is 7.37. The Morgan fingerprint density at radius 2 is 1.89 bits per heavy atom. The van der Waals surface area contributed by atoms with Crippen molar-refractivity contribution in [2.24, 2.45) is 0 Å². The average Bonchev–Trinajstić information content (AvgIpc) is 2.80. The molecule has 4 nitrogen and oxygen atoms in total. The first-order chi connectivity index (χ1) is 8.81. The second-order valence-electron chi connectivity index (χ2n) is 5.47. The molecule has 2 aliphatic heterocycles. The summed E-state index contributed by atoms with van der Waals surface area (Å²) in [5.41, 5.74) is 0. The highest BCUT2D eigenvalue weighted by Crippen LogP contribution is 2.22. The van der Waals surface area contributed by atoms with Crippen molar-refractivity contribution in [1.29, 1.82) is 0 Å². The van der Waals surface area contributed by atoms with Gasteiger partial charge >= 0.3 is 0 Å². The maximum Gasteiger partial charge on any atom is 0.0707 e. The fourth-order valence-corrected chi connectivity index (χ4v) is 3.07. The number of hydrogen-bond donors (Lipinski definition) is 1. The smallest absolute Gasteiger partial charge is 0.0707 e. The van der Waals surface area contributed by atoms with Crippen LogP contribution >= 0.6 is 0 Å². The molecule has 2 aliphatic rings. The number of likely N-dealkylation sites (N-methyl/N-ethyl adjacent to an activating group) is 1. The highest BCUT2D eigenvalue weighted by Gasteiger charge is 2.28. The van der Waals surface area contributed by atoms with E-state index in [2.05, 4.69) is 17.1 Å². The van der Waals surface area contributed by atoms with E-state index in [1.54, 1.807) is 0 Å². The Labute approximate surface area is 111 Å². The summed E-state index contributed by atoms with van der Waals surface area (Å²) in [5.74, 6) is 0. The van der Waals surface area contributed by atoms with Gasteiger partial charge in [0.1, 0.15) is 0 Å². The third-order valence-corrected chi connectivity index (χ3v) is 4.03. The minimum absolute atomic E-state index is 0.431. The summed E-state index contributed by atoms with van der Waals surface area (Å²) < 4.78 is 11.7. The number of ether oxygens (including phenoxy) is 2. The van der Waals surface area contributed by atoms with Crippen molar-refractivity contribution < 1.29 is 9.47 Å². The lowest BCUT2D eigenvalue weighted by atomic mass is 10.1. The topological polar surface area (TPSA) is 33.7 Å². The number of likely N-dealkylation sites (tertiary alicyclic amines) is 1. The summed E-state index contributed by atoms with van der Waals surface area (Å²) in [6, 6.07) is 0. The molecule has 2 atom stereocenters. The van der Waals surface area contributed by atoms with Crippen LogP contribution in [0.4, 0.5) is 0 Å². The van der Waals surface area contributed by atoms with Crippen molar-refractivity contribution in [2.45, 2.75) is 50.9 Å². The number of nitrogens with zero attached hydrogens (tertiary/aromatic N) is 1. The molecular weight excluding hydrogens is 228 g/mol. The molecule has 4 heteroatoms. The van der Waals surface area contributed by atoms with Crippen LogP contribution in [-0.2, 0) is 9.47 Å². The minimum atomic E-state index is 0.431. The van der Waals surface area contributed by atoms with Gasteiger partial charge in [-0.3, -0.25) is 0 Å². The van der Waals surface area contributed by atoms with Gasteiger partial charge in [-0.15, -0.1) is 0 Å². The fraction of sp³-hybridized carbons (Fsp3) is 1.00. The maximum absolute atomic E-state index is 6.04. The molecule has 106 valence electrons. The molecular formula is C14H28N2O2. The van der Waals surface area contributed by atoms with Crippen LogP contribution in [0, 0.1) is 0 Å². The number of piperidine rings is 1. The van der Waals surface area contributed by atoms with E-state index in [9.17, 15) is 0 Å². The summed E-state index contributed by atoms with van der Waals surface area (Å²) in [5, 5.41) is 3.20.